The minimum absolute atomic E-state index is 0. The van der Waals surface area contributed by atoms with E-state index in [0.717, 1.165) is 107 Å². The van der Waals surface area contributed by atoms with Crippen LogP contribution in [-0.2, 0) is 34.4 Å². The number of alkyl halides is 10. The minimum Gasteiger partial charge on any atom is -0.410 e. The largest absolute Gasteiger partial charge is 0.519 e. The Morgan fingerprint density at radius 1 is 0.584 bits per heavy atom. The number of halogens is 11. The molecule has 6 aliphatic carbocycles. The molecule has 4 saturated carbocycles. The molecule has 0 bridgehead atoms. The second-order valence-electron chi connectivity index (χ2n) is 29.7. The van der Waals surface area contributed by atoms with Crippen LogP contribution >= 0.6 is 12.4 Å². The lowest BCUT2D eigenvalue weighted by molar-refractivity contribution is -0.384. The molecule has 0 aromatic heterocycles. The standard InChI is InChI=1S/C33H47F5N2O4S.C33H38F5NO7S.C6H14N2.ClH/c1-31-13-11-26-25-8-7-24(44-30(42)40-15-5-14-39(2)16-17-40)21-23(25)20-22(29(26)27(31)9-10-28(31)41)6-3-18-45(43)19-4-12-32(34,35)33(36,37)38;1-31-15-13-26-25-10-9-24(46-30(41)45-23-7-5-22(6-8-23)39(42)43)19-21(25)18-20(29(26)27(31)11-12-28(31)40)4-2-16-47(44)17-3-14-32(34,35)33(36,37)38;1-8-5-2-3-7-4-6-8;/h7-8,21-22,26-29,41H,3-6,9-20H2,1-2H3;5-10,19-20,26-29,40H,2-4,11-18H2,1H3;7H,2-6H2,1H3;1H/t22-,26-,27+,28+,29-,31+,45?;20-,26-,27+,28+,29-,31+,47?;;/m11../s1. The number of nitro groups is 1. The fraction of sp³-hybridized carbons (Fsp3) is 0.722. The molecule has 0 spiro atoms. The van der Waals surface area contributed by atoms with Gasteiger partial charge in [0, 0.05) is 102 Å². The van der Waals surface area contributed by atoms with Gasteiger partial charge in [0.1, 0.15) is 17.2 Å². The fourth-order valence-electron chi connectivity index (χ4n) is 17.8. The van der Waals surface area contributed by atoms with Crippen LogP contribution in [0.3, 0.4) is 0 Å². The smallest absolute Gasteiger partial charge is 0.410 e. The average Bonchev–Trinajstić information content (AvgIpc) is 1.69. The lowest BCUT2D eigenvalue weighted by Gasteiger charge is -2.53. The van der Waals surface area contributed by atoms with Gasteiger partial charge in [0.2, 0.25) is 0 Å². The van der Waals surface area contributed by atoms with Gasteiger partial charge in [-0.05, 0) is 266 Å². The Morgan fingerprint density at radius 2 is 1.03 bits per heavy atom. The molecule has 0 radical (unpaired) electrons. The number of carbonyl (C=O) groups is 2. The molecule has 3 N–H and O–H groups in total. The van der Waals surface area contributed by atoms with E-state index >= 15 is 0 Å². The Labute approximate surface area is 597 Å². The van der Waals surface area contributed by atoms with Crippen molar-refractivity contribution in [2.24, 2.45) is 46.3 Å². The number of amides is 1. The topological polar surface area (TPSA) is 201 Å². The first-order valence-electron chi connectivity index (χ1n) is 35.6. The van der Waals surface area contributed by atoms with Gasteiger partial charge >= 0.3 is 36.4 Å². The Kier molecular flexibility index (Phi) is 28.5. The van der Waals surface area contributed by atoms with Gasteiger partial charge in [0.25, 0.3) is 5.69 Å². The molecule has 16 nitrogen and oxygen atoms in total. The van der Waals surface area contributed by atoms with Crippen LogP contribution in [-0.4, -0.2) is 176 Å². The zero-order chi connectivity index (χ0) is 72.5. The Balaban J connectivity index is 0.000000229. The zero-order valence-electron chi connectivity index (χ0n) is 58.0. The van der Waals surface area contributed by atoms with E-state index in [2.05, 4.69) is 42.1 Å². The number of carbonyl (C=O) groups excluding carboxylic acids is 2. The van der Waals surface area contributed by atoms with Gasteiger partial charge in [0.05, 0.1) is 17.1 Å². The van der Waals surface area contributed by atoms with Gasteiger partial charge in [-0.15, -0.1) is 12.4 Å². The van der Waals surface area contributed by atoms with Crippen LogP contribution in [0.1, 0.15) is 164 Å². The third-order valence-corrected chi connectivity index (χ3v) is 26.3. The van der Waals surface area contributed by atoms with Crippen molar-refractivity contribution in [2.75, 3.05) is 89.5 Å². The number of hydrogen-bond acceptors (Lipinski definition) is 14. The lowest BCUT2D eigenvalue weighted by Crippen LogP contribution is -2.47. The van der Waals surface area contributed by atoms with Gasteiger partial charge < -0.3 is 44.4 Å². The summed E-state index contributed by atoms with van der Waals surface area (Å²) in [6.07, 6.45) is -3.97. The highest BCUT2D eigenvalue weighted by atomic mass is 35.5. The maximum atomic E-state index is 13.3. The van der Waals surface area contributed by atoms with Crippen LogP contribution in [0.4, 0.5) is 59.2 Å². The Morgan fingerprint density at radius 3 is 1.51 bits per heavy atom. The highest BCUT2D eigenvalue weighted by Gasteiger charge is 2.60. The predicted octanol–water partition coefficient (Wildman–Crippen LogP) is 15.2. The molecule has 8 aliphatic rings. The maximum absolute atomic E-state index is 13.3. The third-order valence-electron chi connectivity index (χ3n) is 23.3. The van der Waals surface area contributed by atoms with E-state index < -0.39 is 88.7 Å². The number of ether oxygens (including phenoxy) is 3. The number of hydrogen-bond donors (Lipinski definition) is 3. The van der Waals surface area contributed by atoms with Crippen molar-refractivity contribution in [2.45, 2.75) is 191 Å². The highest BCUT2D eigenvalue weighted by Crippen LogP contribution is 2.65. The number of likely N-dealkylation sites (N-methyl/N-ethyl adjacent to an activating group) is 2. The number of benzene rings is 3. The molecule has 568 valence electrons. The predicted molar refractivity (Wildman–Crippen MR) is 368 cm³/mol. The summed E-state index contributed by atoms with van der Waals surface area (Å²) in [5, 5.41) is 36.0. The van der Waals surface area contributed by atoms with E-state index in [1.165, 1.54) is 55.9 Å². The van der Waals surface area contributed by atoms with Gasteiger partial charge in [-0.1, -0.05) is 26.0 Å². The monoisotopic (exact) mass is 1500 g/mol. The second kappa shape index (κ2) is 35.1. The molecule has 6 fully saturated rings. The highest BCUT2D eigenvalue weighted by molar-refractivity contribution is 7.85. The maximum Gasteiger partial charge on any atom is 0.519 e. The summed E-state index contributed by atoms with van der Waals surface area (Å²) in [4.78, 5) is 42.1. The minimum atomic E-state index is -5.62. The van der Waals surface area contributed by atoms with Crippen molar-refractivity contribution in [3.63, 3.8) is 0 Å². The van der Waals surface area contributed by atoms with Gasteiger partial charge in [-0.25, -0.2) is 9.59 Å². The number of nitrogens with zero attached hydrogens (tertiary/aromatic N) is 4. The molecule has 2 unspecified atom stereocenters. The van der Waals surface area contributed by atoms with Gasteiger partial charge in [0.15, 0.2) is 0 Å². The summed E-state index contributed by atoms with van der Waals surface area (Å²) in [7, 11) is 1.20. The van der Waals surface area contributed by atoms with Crippen LogP contribution in [0.2, 0.25) is 0 Å². The number of nitro benzene ring substituents is 1. The van der Waals surface area contributed by atoms with Crippen molar-refractivity contribution >= 4 is 51.9 Å². The van der Waals surface area contributed by atoms with E-state index in [9.17, 15) is 82.2 Å². The van der Waals surface area contributed by atoms with Crippen molar-refractivity contribution in [3.05, 3.63) is 93.0 Å². The molecule has 11 rings (SSSR count). The van der Waals surface area contributed by atoms with Crippen molar-refractivity contribution < 1.29 is 91.3 Å². The lowest BCUT2D eigenvalue weighted by atomic mass is 9.52. The molecule has 3 aromatic carbocycles. The Bertz CT molecular complexity index is 3300. The average molecular weight is 1500 g/mol. The first-order chi connectivity index (χ1) is 47.2. The molecule has 3 aromatic rings. The van der Waals surface area contributed by atoms with E-state index in [1.54, 1.807) is 17.0 Å². The molecule has 2 saturated heterocycles. The fourth-order valence-corrected chi connectivity index (χ4v) is 20.1. The number of rotatable bonds is 20. The van der Waals surface area contributed by atoms with Crippen LogP contribution in [0.5, 0.6) is 17.2 Å². The summed E-state index contributed by atoms with van der Waals surface area (Å²) >= 11 is 0. The zero-order valence-corrected chi connectivity index (χ0v) is 60.5. The van der Waals surface area contributed by atoms with E-state index in [-0.39, 0.29) is 105 Å². The molecule has 101 heavy (non-hydrogen) atoms. The normalized spacial score (nSPS) is 28.9. The number of non-ortho nitro benzene ring substituents is 1. The van der Waals surface area contributed by atoms with Crippen LogP contribution in [0.25, 0.3) is 0 Å². The van der Waals surface area contributed by atoms with Gasteiger partial charge in [-0.2, -0.15) is 43.9 Å². The molecule has 2 aliphatic heterocycles. The SMILES string of the molecule is CN1CCCN(C(=O)Oc2ccc3c(c2)C[C@@H](CCCS(=O)CCCC(F)(F)C(F)(F)F)[C@@H]2[C@@H]3CC[C@]3(C)[C@@H](O)CC[C@@H]23)CC1.CN1CCCNCC1.C[C@]12CC[C@@H]3c4ccc(OC(=O)Oc5ccc([N+](=O)[O-])cc5)cc4C[C@@H](CCCS(=O)CCCC(F)(F)C(F)(F)F)[C@H]3[C@@H]1CC[C@@H]2O.Cl. The number of fused-ring (bicyclic) bond motifs is 10. The van der Waals surface area contributed by atoms with Crippen molar-refractivity contribution in [1.82, 2.24) is 20.0 Å². The van der Waals surface area contributed by atoms with Crippen LogP contribution < -0.4 is 19.5 Å². The van der Waals surface area contributed by atoms with E-state index in [1.807, 2.05) is 25.2 Å². The first kappa shape index (κ1) is 82.0. The molecule has 14 atom stereocenters. The third kappa shape index (κ3) is 20.5. The Hall–Kier alpha value is -4.71. The number of nitrogens with one attached hydrogen (secondary N) is 1. The summed E-state index contributed by atoms with van der Waals surface area (Å²) in [6, 6.07) is 16.4. The van der Waals surface area contributed by atoms with E-state index in [4.69, 9.17) is 14.2 Å². The first-order valence-corrected chi connectivity index (χ1v) is 38.5. The van der Waals surface area contributed by atoms with Crippen LogP contribution in [0.15, 0.2) is 60.7 Å². The summed E-state index contributed by atoms with van der Waals surface area (Å²) < 4.78 is 170. The second-order valence-corrected chi connectivity index (χ2v) is 33.1. The van der Waals surface area contributed by atoms with Crippen molar-refractivity contribution in [1.29, 1.82) is 0 Å². The molecule has 2 heterocycles. The molecular formula is C72H100ClF10N5O11S2. The molecule has 1 amide bonds. The summed E-state index contributed by atoms with van der Waals surface area (Å²) in [5.74, 6) is -6.61. The number of aliphatic hydroxyl groups excluding tert-OH is 2. The molecular weight excluding hydrogens is 1400 g/mol. The van der Waals surface area contributed by atoms with Crippen molar-refractivity contribution in [3.8, 4) is 17.2 Å². The number of aliphatic hydroxyl groups is 2. The molecule has 29 heteroatoms. The van der Waals surface area contributed by atoms with E-state index in [0.29, 0.717) is 62.3 Å². The van der Waals surface area contributed by atoms with Gasteiger partial charge in [-0.3, -0.25) is 18.5 Å². The van der Waals surface area contributed by atoms with Crippen LogP contribution in [0, 0.1) is 56.5 Å². The summed E-state index contributed by atoms with van der Waals surface area (Å²) in [5.41, 5.74) is 4.04. The summed E-state index contributed by atoms with van der Waals surface area (Å²) in [6.45, 7) is 12.2. The quantitative estimate of drug-likeness (QED) is 0.0317.